The van der Waals surface area contributed by atoms with E-state index in [4.69, 9.17) is 9.15 Å². The van der Waals surface area contributed by atoms with Crippen molar-refractivity contribution in [2.75, 3.05) is 6.54 Å². The van der Waals surface area contributed by atoms with Crippen molar-refractivity contribution in [3.05, 3.63) is 42.2 Å². The normalized spacial score (nSPS) is 20.9. The van der Waals surface area contributed by atoms with Gasteiger partial charge in [0.15, 0.2) is 5.89 Å². The Bertz CT molecular complexity index is 764. The van der Waals surface area contributed by atoms with E-state index in [0.29, 0.717) is 18.1 Å². The first kappa shape index (κ1) is 18.4. The summed E-state index contributed by atoms with van der Waals surface area (Å²) in [7, 11) is 0. The molecule has 1 aromatic heterocycles. The molecule has 5 nitrogen and oxygen atoms in total. The minimum absolute atomic E-state index is 0.0212. The van der Waals surface area contributed by atoms with Crippen LogP contribution in [0.2, 0.25) is 0 Å². The van der Waals surface area contributed by atoms with Crippen LogP contribution in [0.15, 0.2) is 34.9 Å². The Morgan fingerprint density at radius 3 is 2.62 bits per heavy atom. The molecular weight excluding hydrogens is 335 g/mol. The molecule has 0 bridgehead atoms. The third-order valence-electron chi connectivity index (χ3n) is 4.52. The smallest absolute Gasteiger partial charge is 0.410 e. The zero-order chi connectivity index (χ0) is 18.9. The third-order valence-corrected chi connectivity index (χ3v) is 4.52. The molecule has 1 aliphatic rings. The summed E-state index contributed by atoms with van der Waals surface area (Å²) in [6, 6.07) is 6.26. The second-order valence-corrected chi connectivity index (χ2v) is 7.83. The number of nitrogens with zero attached hydrogens (tertiary/aromatic N) is 2. The lowest BCUT2D eigenvalue weighted by molar-refractivity contribution is 0.00869. The van der Waals surface area contributed by atoms with Crippen molar-refractivity contribution in [1.29, 1.82) is 0 Å². The highest BCUT2D eigenvalue weighted by Gasteiger charge is 2.34. The van der Waals surface area contributed by atoms with Gasteiger partial charge in [-0.05, 0) is 64.8 Å². The fourth-order valence-electron chi connectivity index (χ4n) is 3.11. The molecule has 1 fully saturated rings. The van der Waals surface area contributed by atoms with Crippen molar-refractivity contribution in [2.45, 2.75) is 58.1 Å². The van der Waals surface area contributed by atoms with Crippen molar-refractivity contribution in [2.24, 2.45) is 0 Å². The molecule has 0 N–H and O–H groups in total. The summed E-state index contributed by atoms with van der Waals surface area (Å²) in [6.45, 7) is 8.12. The van der Waals surface area contributed by atoms with Gasteiger partial charge < -0.3 is 14.1 Å². The Hall–Kier alpha value is -2.37. The van der Waals surface area contributed by atoms with Crippen molar-refractivity contribution in [3.63, 3.8) is 0 Å². The van der Waals surface area contributed by atoms with Gasteiger partial charge in [-0.3, -0.25) is 0 Å². The summed E-state index contributed by atoms with van der Waals surface area (Å²) in [4.78, 5) is 18.8. The number of hydrogen-bond acceptors (Lipinski definition) is 4. The number of aromatic nitrogens is 1. The first-order valence-electron chi connectivity index (χ1n) is 8.94. The number of hydrogen-bond donors (Lipinski definition) is 0. The van der Waals surface area contributed by atoms with Gasteiger partial charge in [-0.2, -0.15) is 0 Å². The number of halogens is 1. The molecule has 2 unspecified atom stereocenters. The summed E-state index contributed by atoms with van der Waals surface area (Å²) < 4.78 is 24.3. The van der Waals surface area contributed by atoms with Gasteiger partial charge in [0, 0.05) is 18.2 Å². The lowest BCUT2D eigenvalue weighted by Gasteiger charge is -2.37. The Balaban J connectivity index is 1.73. The molecule has 1 saturated heterocycles. The van der Waals surface area contributed by atoms with Crippen molar-refractivity contribution < 1.29 is 18.3 Å². The van der Waals surface area contributed by atoms with E-state index in [0.717, 1.165) is 18.4 Å². The molecule has 3 rings (SSSR count). The summed E-state index contributed by atoms with van der Waals surface area (Å²) in [5.41, 5.74) is 0.944. The lowest BCUT2D eigenvalue weighted by Crippen LogP contribution is -2.47. The number of likely N-dealkylation sites (tertiary alicyclic amines) is 1. The second kappa shape index (κ2) is 7.09. The monoisotopic (exact) mass is 360 g/mol. The summed E-state index contributed by atoms with van der Waals surface area (Å²) in [6.07, 6.45) is 3.03. The first-order valence-corrected chi connectivity index (χ1v) is 8.94. The Morgan fingerprint density at radius 1 is 1.27 bits per heavy atom. The molecule has 1 aliphatic heterocycles. The van der Waals surface area contributed by atoms with E-state index in [1.165, 1.54) is 12.1 Å². The van der Waals surface area contributed by atoms with Gasteiger partial charge in [-0.25, -0.2) is 14.2 Å². The molecule has 0 spiro atoms. The zero-order valence-corrected chi connectivity index (χ0v) is 15.7. The van der Waals surface area contributed by atoms with Crippen molar-refractivity contribution in [1.82, 2.24) is 9.88 Å². The SMILES string of the molecule is CC1CCC(c2nc(-c3ccc(F)cc3)co2)CN1C(=O)OC(C)(C)C. The van der Waals surface area contributed by atoms with E-state index in [1.807, 2.05) is 27.7 Å². The van der Waals surface area contributed by atoms with E-state index in [9.17, 15) is 9.18 Å². The lowest BCUT2D eigenvalue weighted by atomic mass is 9.93. The summed E-state index contributed by atoms with van der Waals surface area (Å²) >= 11 is 0. The molecule has 2 heterocycles. The van der Waals surface area contributed by atoms with Gasteiger partial charge >= 0.3 is 6.09 Å². The fraction of sp³-hybridized carbons (Fsp3) is 0.500. The highest BCUT2D eigenvalue weighted by Crippen LogP contribution is 2.32. The van der Waals surface area contributed by atoms with Crippen LogP contribution in [0.4, 0.5) is 9.18 Å². The summed E-state index contributed by atoms with van der Waals surface area (Å²) in [5.74, 6) is 0.337. The molecule has 0 aliphatic carbocycles. The largest absolute Gasteiger partial charge is 0.448 e. The number of oxazole rings is 1. The highest BCUT2D eigenvalue weighted by molar-refractivity contribution is 5.68. The van der Waals surface area contributed by atoms with Gasteiger partial charge in [-0.1, -0.05) is 0 Å². The van der Waals surface area contributed by atoms with E-state index in [2.05, 4.69) is 4.98 Å². The van der Waals surface area contributed by atoms with E-state index in [1.54, 1.807) is 23.3 Å². The average molecular weight is 360 g/mol. The number of carbonyl (C=O) groups excluding carboxylic acids is 1. The maximum absolute atomic E-state index is 13.1. The number of amides is 1. The molecule has 1 aromatic carbocycles. The van der Waals surface area contributed by atoms with Gasteiger partial charge in [-0.15, -0.1) is 0 Å². The fourth-order valence-corrected chi connectivity index (χ4v) is 3.11. The number of piperidine rings is 1. The van der Waals surface area contributed by atoms with Gasteiger partial charge in [0.05, 0.1) is 5.92 Å². The van der Waals surface area contributed by atoms with Crippen molar-refractivity contribution in [3.8, 4) is 11.3 Å². The number of ether oxygens (including phenoxy) is 1. The van der Waals surface area contributed by atoms with E-state index in [-0.39, 0.29) is 23.9 Å². The van der Waals surface area contributed by atoms with Crippen LogP contribution in [0.1, 0.15) is 52.3 Å². The summed E-state index contributed by atoms with van der Waals surface area (Å²) in [5, 5.41) is 0. The first-order chi connectivity index (χ1) is 12.2. The molecule has 2 aromatic rings. The standard InChI is InChI=1S/C20H25FN2O3/c1-13-5-6-15(11-23(13)19(24)26-20(2,3)4)18-22-17(12-25-18)14-7-9-16(21)10-8-14/h7-10,12-13,15H,5-6,11H2,1-4H3. The van der Waals surface area contributed by atoms with Gasteiger partial charge in [0.25, 0.3) is 0 Å². The van der Waals surface area contributed by atoms with Crippen LogP contribution >= 0.6 is 0 Å². The minimum Gasteiger partial charge on any atom is -0.448 e. The predicted molar refractivity (Wildman–Crippen MR) is 96.3 cm³/mol. The topological polar surface area (TPSA) is 55.6 Å². The second-order valence-electron chi connectivity index (χ2n) is 7.83. The molecule has 140 valence electrons. The maximum atomic E-state index is 13.1. The van der Waals surface area contributed by atoms with Crippen LogP contribution < -0.4 is 0 Å². The third kappa shape index (κ3) is 4.23. The zero-order valence-electron chi connectivity index (χ0n) is 15.7. The molecule has 2 atom stereocenters. The van der Waals surface area contributed by atoms with Crippen LogP contribution in [0.25, 0.3) is 11.3 Å². The molecule has 1 amide bonds. The average Bonchev–Trinajstić information content (AvgIpc) is 3.04. The van der Waals surface area contributed by atoms with E-state index < -0.39 is 5.60 Å². The number of rotatable bonds is 2. The van der Waals surface area contributed by atoms with E-state index >= 15 is 0 Å². The van der Waals surface area contributed by atoms with Gasteiger partial charge in [0.1, 0.15) is 23.4 Å². The Labute approximate surface area is 153 Å². The van der Waals surface area contributed by atoms with Crippen molar-refractivity contribution >= 4 is 6.09 Å². The quantitative estimate of drug-likeness (QED) is 0.757. The van der Waals surface area contributed by atoms with Crippen LogP contribution in [-0.2, 0) is 4.74 Å². The number of carbonyl (C=O) groups is 1. The molecule has 6 heteroatoms. The van der Waals surface area contributed by atoms with Gasteiger partial charge in [0.2, 0.25) is 0 Å². The minimum atomic E-state index is -0.525. The highest BCUT2D eigenvalue weighted by atomic mass is 19.1. The molecular formula is C20H25FN2O3. The Morgan fingerprint density at radius 2 is 1.96 bits per heavy atom. The van der Waals surface area contributed by atoms with Crippen LogP contribution in [-0.4, -0.2) is 34.2 Å². The van der Waals surface area contributed by atoms with Crippen LogP contribution in [0.5, 0.6) is 0 Å². The van der Waals surface area contributed by atoms with Crippen LogP contribution in [0.3, 0.4) is 0 Å². The number of benzene rings is 1. The molecule has 26 heavy (non-hydrogen) atoms. The predicted octanol–water partition coefficient (Wildman–Crippen LogP) is 4.98. The molecule has 0 radical (unpaired) electrons. The maximum Gasteiger partial charge on any atom is 0.410 e. The molecule has 0 saturated carbocycles. The Kier molecular flexibility index (Phi) is 5.03. The van der Waals surface area contributed by atoms with Crippen LogP contribution in [0, 0.1) is 5.82 Å².